The van der Waals surface area contributed by atoms with Crippen LogP contribution in [-0.2, 0) is 13.0 Å². The summed E-state index contributed by atoms with van der Waals surface area (Å²) in [6.45, 7) is 4.82. The summed E-state index contributed by atoms with van der Waals surface area (Å²) in [5.41, 5.74) is 9.90. The number of hydrogen-bond acceptors (Lipinski definition) is 1. The van der Waals surface area contributed by atoms with Gasteiger partial charge in [0.15, 0.2) is 0 Å². The van der Waals surface area contributed by atoms with Crippen LogP contribution in [-0.4, -0.2) is 0 Å². The molecule has 0 aliphatic heterocycles. The standard InChI is InChI=1S/C17H20FN.ClH/c1-12(2)9-13-3-5-14(6-4-13)17-10-16(18)8-7-15(17)11-19;/h3-8,10,12H,9,11,19H2,1-2H3;1H. The first kappa shape index (κ1) is 16.7. The van der Waals surface area contributed by atoms with Crippen LogP contribution in [0.25, 0.3) is 11.1 Å². The summed E-state index contributed by atoms with van der Waals surface area (Å²) < 4.78 is 13.4. The second kappa shape index (κ2) is 7.41. The summed E-state index contributed by atoms with van der Waals surface area (Å²) in [7, 11) is 0. The van der Waals surface area contributed by atoms with E-state index >= 15 is 0 Å². The molecule has 2 N–H and O–H groups in total. The average Bonchev–Trinajstić information content (AvgIpc) is 2.39. The smallest absolute Gasteiger partial charge is 0.123 e. The second-order valence-electron chi connectivity index (χ2n) is 5.30. The van der Waals surface area contributed by atoms with Crippen molar-refractivity contribution in [3.8, 4) is 11.1 Å². The zero-order valence-electron chi connectivity index (χ0n) is 11.9. The van der Waals surface area contributed by atoms with Crippen LogP contribution in [0, 0.1) is 11.7 Å². The van der Waals surface area contributed by atoms with Gasteiger partial charge in [-0.05, 0) is 46.7 Å². The third kappa shape index (κ3) is 4.06. The third-order valence-electron chi connectivity index (χ3n) is 3.20. The summed E-state index contributed by atoms with van der Waals surface area (Å²) in [5.74, 6) is 0.415. The molecule has 108 valence electrons. The molecular formula is C17H21ClFN. The highest BCUT2D eigenvalue weighted by atomic mass is 35.5. The molecule has 0 spiro atoms. The molecular weight excluding hydrogens is 273 g/mol. The predicted molar refractivity (Wildman–Crippen MR) is 85.5 cm³/mol. The maximum Gasteiger partial charge on any atom is 0.123 e. The van der Waals surface area contributed by atoms with Crippen molar-refractivity contribution in [1.82, 2.24) is 0 Å². The van der Waals surface area contributed by atoms with Crippen molar-refractivity contribution < 1.29 is 4.39 Å². The summed E-state index contributed by atoms with van der Waals surface area (Å²) in [6.07, 6.45) is 1.06. The van der Waals surface area contributed by atoms with E-state index in [-0.39, 0.29) is 18.2 Å². The SMILES string of the molecule is CC(C)Cc1ccc(-c2cc(F)ccc2CN)cc1.Cl. The van der Waals surface area contributed by atoms with Crippen LogP contribution in [0.1, 0.15) is 25.0 Å². The van der Waals surface area contributed by atoms with Crippen molar-refractivity contribution in [3.63, 3.8) is 0 Å². The molecule has 0 aliphatic carbocycles. The average molecular weight is 294 g/mol. The minimum absolute atomic E-state index is 0. The van der Waals surface area contributed by atoms with Crippen molar-refractivity contribution >= 4 is 12.4 Å². The van der Waals surface area contributed by atoms with Gasteiger partial charge in [-0.1, -0.05) is 44.2 Å². The normalized spacial score (nSPS) is 10.4. The van der Waals surface area contributed by atoms with Gasteiger partial charge < -0.3 is 5.73 Å². The van der Waals surface area contributed by atoms with Crippen molar-refractivity contribution in [2.24, 2.45) is 11.7 Å². The van der Waals surface area contributed by atoms with Crippen LogP contribution in [0.4, 0.5) is 4.39 Å². The van der Waals surface area contributed by atoms with Crippen LogP contribution < -0.4 is 5.73 Å². The van der Waals surface area contributed by atoms with E-state index in [0.717, 1.165) is 23.1 Å². The van der Waals surface area contributed by atoms with Crippen molar-refractivity contribution in [1.29, 1.82) is 0 Å². The molecule has 0 radical (unpaired) electrons. The topological polar surface area (TPSA) is 26.0 Å². The van der Waals surface area contributed by atoms with Gasteiger partial charge in [0, 0.05) is 6.54 Å². The first-order valence-corrected chi connectivity index (χ1v) is 6.68. The zero-order valence-corrected chi connectivity index (χ0v) is 12.7. The highest BCUT2D eigenvalue weighted by molar-refractivity contribution is 5.85. The highest BCUT2D eigenvalue weighted by Crippen LogP contribution is 2.25. The Morgan fingerprint density at radius 3 is 2.25 bits per heavy atom. The maximum absolute atomic E-state index is 13.4. The zero-order chi connectivity index (χ0) is 13.8. The molecule has 0 amide bonds. The van der Waals surface area contributed by atoms with Gasteiger partial charge in [0.05, 0.1) is 0 Å². The van der Waals surface area contributed by atoms with Crippen LogP contribution in [0.15, 0.2) is 42.5 Å². The third-order valence-corrected chi connectivity index (χ3v) is 3.20. The molecule has 0 fully saturated rings. The molecule has 0 saturated carbocycles. The van der Waals surface area contributed by atoms with Crippen molar-refractivity contribution in [2.45, 2.75) is 26.8 Å². The molecule has 0 saturated heterocycles. The molecule has 0 bridgehead atoms. The van der Waals surface area contributed by atoms with Gasteiger partial charge in [0.25, 0.3) is 0 Å². The Labute approximate surface area is 126 Å². The fourth-order valence-electron chi connectivity index (χ4n) is 2.29. The fraction of sp³-hybridized carbons (Fsp3) is 0.294. The lowest BCUT2D eigenvalue weighted by atomic mass is 9.96. The van der Waals surface area contributed by atoms with Gasteiger partial charge >= 0.3 is 0 Å². The lowest BCUT2D eigenvalue weighted by molar-refractivity contribution is 0.627. The summed E-state index contributed by atoms with van der Waals surface area (Å²) in [4.78, 5) is 0. The second-order valence-corrected chi connectivity index (χ2v) is 5.30. The van der Waals surface area contributed by atoms with Crippen molar-refractivity contribution in [3.05, 3.63) is 59.4 Å². The van der Waals surface area contributed by atoms with E-state index in [4.69, 9.17) is 5.73 Å². The van der Waals surface area contributed by atoms with Crippen LogP contribution >= 0.6 is 12.4 Å². The number of benzene rings is 2. The van der Waals surface area contributed by atoms with E-state index in [0.29, 0.717) is 12.5 Å². The Morgan fingerprint density at radius 1 is 1.05 bits per heavy atom. The Bertz CT molecular complexity index is 549. The molecule has 20 heavy (non-hydrogen) atoms. The predicted octanol–water partition coefficient (Wildman–Crippen LogP) is 4.57. The Kier molecular flexibility index (Phi) is 6.18. The molecule has 0 aliphatic rings. The number of hydrogen-bond donors (Lipinski definition) is 1. The maximum atomic E-state index is 13.4. The molecule has 2 rings (SSSR count). The number of halogens is 2. The van der Waals surface area contributed by atoms with E-state index in [1.807, 2.05) is 12.1 Å². The van der Waals surface area contributed by atoms with E-state index in [1.54, 1.807) is 12.1 Å². The van der Waals surface area contributed by atoms with E-state index in [1.165, 1.54) is 11.6 Å². The largest absolute Gasteiger partial charge is 0.326 e. The number of rotatable bonds is 4. The monoisotopic (exact) mass is 293 g/mol. The lowest BCUT2D eigenvalue weighted by Crippen LogP contribution is -2.00. The Morgan fingerprint density at radius 2 is 1.70 bits per heavy atom. The quantitative estimate of drug-likeness (QED) is 0.878. The van der Waals surface area contributed by atoms with E-state index in [9.17, 15) is 4.39 Å². The van der Waals surface area contributed by atoms with Crippen LogP contribution in [0.3, 0.4) is 0 Å². The molecule has 2 aromatic carbocycles. The Hall–Kier alpha value is -1.38. The molecule has 0 unspecified atom stereocenters. The Balaban J connectivity index is 0.00000200. The minimum atomic E-state index is -0.224. The molecule has 3 heteroatoms. The molecule has 0 aromatic heterocycles. The van der Waals surface area contributed by atoms with E-state index in [2.05, 4.69) is 26.0 Å². The van der Waals surface area contributed by atoms with E-state index < -0.39 is 0 Å². The van der Waals surface area contributed by atoms with Gasteiger partial charge in [0.1, 0.15) is 5.82 Å². The summed E-state index contributed by atoms with van der Waals surface area (Å²) >= 11 is 0. The fourth-order valence-corrected chi connectivity index (χ4v) is 2.29. The van der Waals surface area contributed by atoms with Crippen LogP contribution in [0.2, 0.25) is 0 Å². The lowest BCUT2D eigenvalue weighted by Gasteiger charge is -2.10. The molecule has 2 aromatic rings. The number of nitrogens with two attached hydrogens (primary N) is 1. The van der Waals surface area contributed by atoms with Gasteiger partial charge in [-0.15, -0.1) is 12.4 Å². The minimum Gasteiger partial charge on any atom is -0.326 e. The van der Waals surface area contributed by atoms with Crippen LogP contribution in [0.5, 0.6) is 0 Å². The molecule has 0 atom stereocenters. The van der Waals surface area contributed by atoms with Crippen molar-refractivity contribution in [2.75, 3.05) is 0 Å². The summed E-state index contributed by atoms with van der Waals surface area (Å²) in [5, 5.41) is 0. The summed E-state index contributed by atoms with van der Waals surface area (Å²) in [6, 6.07) is 13.1. The van der Waals surface area contributed by atoms with Gasteiger partial charge in [-0.2, -0.15) is 0 Å². The van der Waals surface area contributed by atoms with Gasteiger partial charge in [-0.3, -0.25) is 0 Å². The first-order valence-electron chi connectivity index (χ1n) is 6.68. The first-order chi connectivity index (χ1) is 9.10. The molecule has 1 nitrogen and oxygen atoms in total. The molecule has 0 heterocycles. The van der Waals surface area contributed by atoms with Gasteiger partial charge in [0.2, 0.25) is 0 Å². The highest BCUT2D eigenvalue weighted by Gasteiger charge is 2.06. The van der Waals surface area contributed by atoms with Gasteiger partial charge in [-0.25, -0.2) is 4.39 Å².